The Bertz CT molecular complexity index is 567. The van der Waals surface area contributed by atoms with Gasteiger partial charge in [-0.05, 0) is 35.4 Å². The van der Waals surface area contributed by atoms with Crippen LogP contribution in [0.2, 0.25) is 0 Å². The van der Waals surface area contributed by atoms with Crippen LogP contribution in [0.15, 0.2) is 48.5 Å². The predicted molar refractivity (Wildman–Crippen MR) is 73.1 cm³/mol. The van der Waals surface area contributed by atoms with E-state index in [1.54, 1.807) is 12.1 Å². The minimum absolute atomic E-state index is 0.228. The van der Waals surface area contributed by atoms with Crippen LogP contribution in [0.3, 0.4) is 0 Å². The highest BCUT2D eigenvalue weighted by atomic mass is 19.1. The molecule has 0 unspecified atom stereocenters. The lowest BCUT2D eigenvalue weighted by atomic mass is 10.1. The Balaban J connectivity index is 1.99. The second kappa shape index (κ2) is 6.00. The zero-order chi connectivity index (χ0) is 13.7. The third-order valence-corrected chi connectivity index (χ3v) is 2.72. The molecule has 0 atom stereocenters. The second-order valence-corrected chi connectivity index (χ2v) is 4.32. The molecule has 0 aliphatic heterocycles. The van der Waals surface area contributed by atoms with E-state index in [1.807, 2.05) is 24.3 Å². The molecular formula is C15H15FN2O. The molecule has 0 aromatic heterocycles. The lowest BCUT2D eigenvalue weighted by Crippen LogP contribution is -2.13. The minimum Gasteiger partial charge on any atom is -0.381 e. The molecule has 0 saturated carbocycles. The normalized spacial score (nSPS) is 10.2. The van der Waals surface area contributed by atoms with E-state index in [0.29, 0.717) is 6.54 Å². The van der Waals surface area contributed by atoms with Crippen molar-refractivity contribution in [2.24, 2.45) is 5.73 Å². The standard InChI is InChI=1S/C15H15FN2O/c16-13-6-4-11(5-7-13)10-18-14-3-1-2-12(8-14)9-15(17)19/h1-8,18H,9-10H2,(H2,17,19). The van der Waals surface area contributed by atoms with Gasteiger partial charge in [-0.1, -0.05) is 24.3 Å². The molecule has 0 aliphatic carbocycles. The minimum atomic E-state index is -0.351. The number of halogens is 1. The summed E-state index contributed by atoms with van der Waals surface area (Å²) in [5.41, 5.74) is 7.92. The molecule has 0 radical (unpaired) electrons. The van der Waals surface area contributed by atoms with E-state index in [2.05, 4.69) is 5.32 Å². The molecule has 0 saturated heterocycles. The molecule has 3 N–H and O–H groups in total. The zero-order valence-corrected chi connectivity index (χ0v) is 10.4. The molecule has 3 nitrogen and oxygen atoms in total. The summed E-state index contributed by atoms with van der Waals surface area (Å²) >= 11 is 0. The quantitative estimate of drug-likeness (QED) is 0.865. The maximum Gasteiger partial charge on any atom is 0.221 e. The van der Waals surface area contributed by atoms with Gasteiger partial charge in [-0.25, -0.2) is 4.39 Å². The number of rotatable bonds is 5. The van der Waals surface area contributed by atoms with Crippen molar-refractivity contribution >= 4 is 11.6 Å². The van der Waals surface area contributed by atoms with Crippen LogP contribution in [0.1, 0.15) is 11.1 Å². The van der Waals surface area contributed by atoms with E-state index in [-0.39, 0.29) is 18.1 Å². The van der Waals surface area contributed by atoms with E-state index in [1.165, 1.54) is 12.1 Å². The number of carbonyl (C=O) groups excluding carboxylic acids is 1. The fourth-order valence-electron chi connectivity index (χ4n) is 1.80. The molecule has 0 fully saturated rings. The number of hydrogen-bond donors (Lipinski definition) is 2. The average molecular weight is 258 g/mol. The number of primary amides is 1. The van der Waals surface area contributed by atoms with Crippen molar-refractivity contribution in [2.45, 2.75) is 13.0 Å². The molecule has 19 heavy (non-hydrogen) atoms. The van der Waals surface area contributed by atoms with Gasteiger partial charge in [0.15, 0.2) is 0 Å². The maximum atomic E-state index is 12.8. The molecule has 2 aromatic carbocycles. The van der Waals surface area contributed by atoms with Gasteiger partial charge in [0.25, 0.3) is 0 Å². The van der Waals surface area contributed by atoms with Crippen molar-refractivity contribution < 1.29 is 9.18 Å². The summed E-state index contributed by atoms with van der Waals surface area (Å²) in [4.78, 5) is 10.9. The fraction of sp³-hybridized carbons (Fsp3) is 0.133. The molecule has 1 amide bonds. The Hall–Kier alpha value is -2.36. The number of anilines is 1. The first-order chi connectivity index (χ1) is 9.13. The third-order valence-electron chi connectivity index (χ3n) is 2.72. The molecule has 4 heteroatoms. The number of carbonyl (C=O) groups is 1. The summed E-state index contributed by atoms with van der Waals surface area (Å²) in [6, 6.07) is 13.8. The summed E-state index contributed by atoms with van der Waals surface area (Å²) in [6.45, 7) is 0.598. The molecular weight excluding hydrogens is 243 g/mol. The van der Waals surface area contributed by atoms with E-state index >= 15 is 0 Å². The Morgan fingerprint density at radius 2 is 1.84 bits per heavy atom. The SMILES string of the molecule is NC(=O)Cc1cccc(NCc2ccc(F)cc2)c1. The van der Waals surface area contributed by atoms with E-state index < -0.39 is 0 Å². The van der Waals surface area contributed by atoms with Crippen LogP contribution in [0.4, 0.5) is 10.1 Å². The lowest BCUT2D eigenvalue weighted by molar-refractivity contribution is -0.117. The predicted octanol–water partition coefficient (Wildman–Crippen LogP) is 2.47. The molecule has 2 aromatic rings. The highest BCUT2D eigenvalue weighted by Gasteiger charge is 2.00. The molecule has 98 valence electrons. The molecule has 0 spiro atoms. The van der Waals surface area contributed by atoms with Crippen LogP contribution < -0.4 is 11.1 Å². The lowest BCUT2D eigenvalue weighted by Gasteiger charge is -2.08. The van der Waals surface area contributed by atoms with Gasteiger partial charge in [0.05, 0.1) is 6.42 Å². The third kappa shape index (κ3) is 4.10. The topological polar surface area (TPSA) is 55.1 Å². The van der Waals surface area contributed by atoms with Gasteiger partial charge < -0.3 is 11.1 Å². The number of nitrogens with two attached hydrogens (primary N) is 1. The Labute approximate surface area is 111 Å². The van der Waals surface area contributed by atoms with Gasteiger partial charge in [-0.2, -0.15) is 0 Å². The maximum absolute atomic E-state index is 12.8. The van der Waals surface area contributed by atoms with Crippen LogP contribution >= 0.6 is 0 Å². The molecule has 0 bridgehead atoms. The number of benzene rings is 2. The van der Waals surface area contributed by atoms with Crippen molar-refractivity contribution in [1.29, 1.82) is 0 Å². The van der Waals surface area contributed by atoms with Gasteiger partial charge in [0, 0.05) is 12.2 Å². The van der Waals surface area contributed by atoms with Crippen LogP contribution in [0, 0.1) is 5.82 Å². The first kappa shape index (κ1) is 13.1. The van der Waals surface area contributed by atoms with Gasteiger partial charge in [-0.15, -0.1) is 0 Å². The van der Waals surface area contributed by atoms with Gasteiger partial charge in [-0.3, -0.25) is 4.79 Å². The first-order valence-corrected chi connectivity index (χ1v) is 5.99. The largest absolute Gasteiger partial charge is 0.381 e. The number of hydrogen-bond acceptors (Lipinski definition) is 2. The Kier molecular flexibility index (Phi) is 4.13. The smallest absolute Gasteiger partial charge is 0.221 e. The van der Waals surface area contributed by atoms with E-state index in [4.69, 9.17) is 5.73 Å². The number of nitrogens with one attached hydrogen (secondary N) is 1. The van der Waals surface area contributed by atoms with Crippen molar-refractivity contribution in [2.75, 3.05) is 5.32 Å². The van der Waals surface area contributed by atoms with Crippen LogP contribution in [-0.2, 0) is 17.8 Å². The second-order valence-electron chi connectivity index (χ2n) is 4.32. The van der Waals surface area contributed by atoms with Crippen molar-refractivity contribution in [3.63, 3.8) is 0 Å². The highest BCUT2D eigenvalue weighted by Crippen LogP contribution is 2.13. The summed E-state index contributed by atoms with van der Waals surface area (Å²) in [7, 11) is 0. The molecule has 0 heterocycles. The van der Waals surface area contributed by atoms with Gasteiger partial charge >= 0.3 is 0 Å². The summed E-state index contributed by atoms with van der Waals surface area (Å²) < 4.78 is 12.8. The zero-order valence-electron chi connectivity index (χ0n) is 10.4. The van der Waals surface area contributed by atoms with Crippen LogP contribution in [0.25, 0.3) is 0 Å². The highest BCUT2D eigenvalue weighted by molar-refractivity contribution is 5.76. The van der Waals surface area contributed by atoms with Crippen molar-refractivity contribution in [3.8, 4) is 0 Å². The average Bonchev–Trinajstić information content (AvgIpc) is 2.38. The Morgan fingerprint density at radius 1 is 1.11 bits per heavy atom. The monoisotopic (exact) mass is 258 g/mol. The van der Waals surface area contributed by atoms with Crippen LogP contribution in [0.5, 0.6) is 0 Å². The van der Waals surface area contributed by atoms with Gasteiger partial charge in [0.2, 0.25) is 5.91 Å². The summed E-state index contributed by atoms with van der Waals surface area (Å²) in [6.07, 6.45) is 0.228. The van der Waals surface area contributed by atoms with E-state index in [0.717, 1.165) is 16.8 Å². The summed E-state index contributed by atoms with van der Waals surface area (Å²) in [5, 5.41) is 3.22. The number of amides is 1. The van der Waals surface area contributed by atoms with E-state index in [9.17, 15) is 9.18 Å². The first-order valence-electron chi connectivity index (χ1n) is 5.99. The van der Waals surface area contributed by atoms with Crippen LogP contribution in [-0.4, -0.2) is 5.91 Å². The Morgan fingerprint density at radius 3 is 2.53 bits per heavy atom. The molecule has 0 aliphatic rings. The summed E-state index contributed by atoms with van der Waals surface area (Å²) in [5.74, 6) is -0.595. The van der Waals surface area contributed by atoms with Crippen molar-refractivity contribution in [3.05, 3.63) is 65.5 Å². The van der Waals surface area contributed by atoms with Crippen molar-refractivity contribution in [1.82, 2.24) is 0 Å². The fourth-order valence-corrected chi connectivity index (χ4v) is 1.80. The van der Waals surface area contributed by atoms with Gasteiger partial charge in [0.1, 0.15) is 5.82 Å². The molecule has 2 rings (SSSR count).